The first kappa shape index (κ1) is 15.3. The van der Waals surface area contributed by atoms with Crippen molar-refractivity contribution in [3.63, 3.8) is 0 Å². The van der Waals surface area contributed by atoms with E-state index in [0.29, 0.717) is 13.2 Å². The summed E-state index contributed by atoms with van der Waals surface area (Å²) in [5.41, 5.74) is 0.234. The fraction of sp³-hybridized carbons (Fsp3) is 0.143. The second-order valence-electron chi connectivity index (χ2n) is 3.98. The molecule has 20 heavy (non-hydrogen) atoms. The molecule has 0 aliphatic heterocycles. The standard InChI is InChI=1S/C14H11Br2F2NO/c15-9-1-3-10(4-2-9)20-6-5-19-14-7-11(16)12(17)8-13(14)18/h1-4,7-8,19H,5-6H2. The molecule has 0 radical (unpaired) electrons. The van der Waals surface area contributed by atoms with Crippen LogP contribution in [0.3, 0.4) is 0 Å². The maximum Gasteiger partial charge on any atom is 0.149 e. The van der Waals surface area contributed by atoms with E-state index in [0.717, 1.165) is 16.3 Å². The molecule has 2 aromatic rings. The summed E-state index contributed by atoms with van der Waals surface area (Å²) in [5.74, 6) is -0.524. The van der Waals surface area contributed by atoms with Crippen LogP contribution in [0.4, 0.5) is 14.5 Å². The van der Waals surface area contributed by atoms with E-state index in [4.69, 9.17) is 4.74 Å². The van der Waals surface area contributed by atoms with Gasteiger partial charge in [0.1, 0.15) is 24.0 Å². The third kappa shape index (κ3) is 4.18. The molecule has 0 aliphatic carbocycles. The molecule has 0 spiro atoms. The molecular weight excluding hydrogens is 396 g/mol. The van der Waals surface area contributed by atoms with E-state index in [-0.39, 0.29) is 10.2 Å². The van der Waals surface area contributed by atoms with Gasteiger partial charge in [-0.1, -0.05) is 15.9 Å². The zero-order valence-corrected chi connectivity index (χ0v) is 13.5. The van der Waals surface area contributed by atoms with E-state index < -0.39 is 11.6 Å². The number of ether oxygens (including phenoxy) is 1. The van der Waals surface area contributed by atoms with Crippen LogP contribution in [0.1, 0.15) is 0 Å². The maximum absolute atomic E-state index is 13.5. The molecule has 1 N–H and O–H groups in total. The summed E-state index contributed by atoms with van der Waals surface area (Å²) in [6, 6.07) is 9.61. The highest BCUT2D eigenvalue weighted by Gasteiger charge is 2.07. The van der Waals surface area contributed by atoms with Gasteiger partial charge in [-0.25, -0.2) is 8.78 Å². The molecule has 6 heteroatoms. The second kappa shape index (κ2) is 7.04. The lowest BCUT2D eigenvalue weighted by atomic mass is 10.3. The van der Waals surface area contributed by atoms with Gasteiger partial charge in [-0.3, -0.25) is 0 Å². The molecule has 2 rings (SSSR count). The quantitative estimate of drug-likeness (QED) is 0.558. The average Bonchev–Trinajstić information content (AvgIpc) is 2.42. The first-order valence-corrected chi connectivity index (χ1v) is 7.41. The Morgan fingerprint density at radius 1 is 1.00 bits per heavy atom. The minimum absolute atomic E-state index is 0.218. The summed E-state index contributed by atoms with van der Waals surface area (Å²) >= 11 is 6.35. The third-order valence-corrected chi connectivity index (χ3v) is 3.65. The van der Waals surface area contributed by atoms with Crippen molar-refractivity contribution in [2.75, 3.05) is 18.5 Å². The molecule has 2 aromatic carbocycles. The fourth-order valence-electron chi connectivity index (χ4n) is 1.54. The van der Waals surface area contributed by atoms with E-state index in [9.17, 15) is 8.78 Å². The summed E-state index contributed by atoms with van der Waals surface area (Å²) < 4.78 is 33.2. The van der Waals surface area contributed by atoms with E-state index in [1.165, 1.54) is 6.07 Å². The Balaban J connectivity index is 1.84. The molecule has 0 aliphatic rings. The Morgan fingerprint density at radius 3 is 2.40 bits per heavy atom. The molecule has 0 aromatic heterocycles. The van der Waals surface area contributed by atoms with Gasteiger partial charge in [0.25, 0.3) is 0 Å². The normalized spacial score (nSPS) is 10.4. The van der Waals surface area contributed by atoms with Crippen molar-refractivity contribution in [2.45, 2.75) is 0 Å². The highest BCUT2D eigenvalue weighted by Crippen LogP contribution is 2.23. The predicted octanol–water partition coefficient (Wildman–Crippen LogP) is 4.98. The van der Waals surface area contributed by atoms with E-state index >= 15 is 0 Å². The molecule has 0 amide bonds. The first-order valence-electron chi connectivity index (χ1n) is 5.83. The average molecular weight is 407 g/mol. The number of hydrogen-bond acceptors (Lipinski definition) is 2. The van der Waals surface area contributed by atoms with Gasteiger partial charge in [-0.15, -0.1) is 0 Å². The summed E-state index contributed by atoms with van der Waals surface area (Å²) in [6.45, 7) is 0.779. The molecule has 0 bridgehead atoms. The third-order valence-electron chi connectivity index (χ3n) is 2.51. The first-order chi connectivity index (χ1) is 9.56. The molecule has 0 saturated heterocycles. The highest BCUT2D eigenvalue weighted by atomic mass is 79.9. The molecule has 0 unspecified atom stereocenters. The van der Waals surface area contributed by atoms with Crippen LogP contribution in [0.25, 0.3) is 0 Å². The van der Waals surface area contributed by atoms with Crippen LogP contribution >= 0.6 is 31.9 Å². The van der Waals surface area contributed by atoms with Crippen molar-refractivity contribution < 1.29 is 13.5 Å². The Hall–Kier alpha value is -1.14. The van der Waals surface area contributed by atoms with Crippen LogP contribution in [-0.4, -0.2) is 13.2 Å². The van der Waals surface area contributed by atoms with Crippen LogP contribution in [0.5, 0.6) is 5.75 Å². The number of anilines is 1. The van der Waals surface area contributed by atoms with E-state index in [1.54, 1.807) is 0 Å². The fourth-order valence-corrected chi connectivity index (χ4v) is 2.15. The number of rotatable bonds is 5. The molecule has 106 valence electrons. The minimum Gasteiger partial charge on any atom is -0.492 e. The molecule has 0 heterocycles. The lowest BCUT2D eigenvalue weighted by molar-refractivity contribution is 0.332. The van der Waals surface area contributed by atoms with Crippen molar-refractivity contribution in [3.05, 3.63) is 57.0 Å². The molecular formula is C14H11Br2F2NO. The zero-order chi connectivity index (χ0) is 14.5. The number of halogens is 4. The monoisotopic (exact) mass is 405 g/mol. The van der Waals surface area contributed by atoms with Gasteiger partial charge in [0.05, 0.1) is 10.2 Å². The van der Waals surface area contributed by atoms with Gasteiger partial charge in [0.2, 0.25) is 0 Å². The van der Waals surface area contributed by atoms with Crippen LogP contribution in [0.2, 0.25) is 0 Å². The second-order valence-corrected chi connectivity index (χ2v) is 5.75. The Labute approximate surface area is 132 Å². The van der Waals surface area contributed by atoms with Gasteiger partial charge in [-0.05, 0) is 46.3 Å². The topological polar surface area (TPSA) is 21.3 Å². The zero-order valence-electron chi connectivity index (χ0n) is 10.3. The van der Waals surface area contributed by atoms with Crippen molar-refractivity contribution >= 4 is 37.5 Å². The van der Waals surface area contributed by atoms with Crippen molar-refractivity contribution in [1.82, 2.24) is 0 Å². The van der Waals surface area contributed by atoms with Crippen LogP contribution in [-0.2, 0) is 0 Å². The largest absolute Gasteiger partial charge is 0.492 e. The Kier molecular flexibility index (Phi) is 5.37. The lowest BCUT2D eigenvalue weighted by Crippen LogP contribution is -2.12. The van der Waals surface area contributed by atoms with Gasteiger partial charge >= 0.3 is 0 Å². The number of hydrogen-bond donors (Lipinski definition) is 1. The highest BCUT2D eigenvalue weighted by molar-refractivity contribution is 9.10. The SMILES string of the molecule is Fc1cc(F)c(NCCOc2ccc(Br)cc2)cc1Br. The summed E-state index contributed by atoms with van der Waals surface area (Å²) in [7, 11) is 0. The minimum atomic E-state index is -0.630. The number of nitrogens with one attached hydrogen (secondary N) is 1. The van der Waals surface area contributed by atoms with Crippen LogP contribution < -0.4 is 10.1 Å². The summed E-state index contributed by atoms with van der Waals surface area (Å²) in [6.07, 6.45) is 0. The molecule has 0 saturated carbocycles. The molecule has 2 nitrogen and oxygen atoms in total. The predicted molar refractivity (Wildman–Crippen MR) is 82.2 cm³/mol. The van der Waals surface area contributed by atoms with Crippen molar-refractivity contribution in [3.8, 4) is 5.75 Å². The van der Waals surface area contributed by atoms with Gasteiger partial charge in [0.15, 0.2) is 0 Å². The lowest BCUT2D eigenvalue weighted by Gasteiger charge is -2.10. The molecule has 0 fully saturated rings. The van der Waals surface area contributed by atoms with Crippen LogP contribution in [0.15, 0.2) is 45.3 Å². The Bertz CT molecular complexity index is 590. The van der Waals surface area contributed by atoms with Gasteiger partial charge in [-0.2, -0.15) is 0 Å². The van der Waals surface area contributed by atoms with Gasteiger partial charge < -0.3 is 10.1 Å². The van der Waals surface area contributed by atoms with Crippen molar-refractivity contribution in [2.24, 2.45) is 0 Å². The van der Waals surface area contributed by atoms with Crippen molar-refractivity contribution in [1.29, 1.82) is 0 Å². The smallest absolute Gasteiger partial charge is 0.149 e. The van der Waals surface area contributed by atoms with E-state index in [1.807, 2.05) is 24.3 Å². The number of benzene rings is 2. The van der Waals surface area contributed by atoms with Crippen LogP contribution in [0, 0.1) is 11.6 Å². The van der Waals surface area contributed by atoms with E-state index in [2.05, 4.69) is 37.2 Å². The maximum atomic E-state index is 13.5. The summed E-state index contributed by atoms with van der Waals surface area (Å²) in [4.78, 5) is 0. The summed E-state index contributed by atoms with van der Waals surface area (Å²) in [5, 5.41) is 2.86. The Morgan fingerprint density at radius 2 is 1.70 bits per heavy atom. The molecule has 0 atom stereocenters. The van der Waals surface area contributed by atoms with Gasteiger partial charge in [0, 0.05) is 17.1 Å².